The number of likely N-dealkylation sites (N-methyl/N-ethyl adjacent to an activating group) is 1. The molecule has 0 aromatic heterocycles. The Morgan fingerprint density at radius 1 is 1.06 bits per heavy atom. The third-order valence-electron chi connectivity index (χ3n) is 5.75. The average molecular weight is 429 g/mol. The maximum Gasteiger partial charge on any atom is 0.119 e. The molecule has 1 aromatic carbocycles. The number of nitrogens with zero attached hydrogens (tertiary/aromatic N) is 1. The first-order valence-corrected chi connectivity index (χ1v) is 11.8. The molecule has 0 saturated heterocycles. The van der Waals surface area contributed by atoms with Gasteiger partial charge in [0.05, 0.1) is 27.3 Å². The molecular formula is C28H46NO2+. The van der Waals surface area contributed by atoms with E-state index in [9.17, 15) is 0 Å². The molecule has 0 aliphatic carbocycles. The van der Waals surface area contributed by atoms with E-state index in [-0.39, 0.29) is 5.41 Å². The molecule has 3 heteroatoms. The number of rotatable bonds is 16. The van der Waals surface area contributed by atoms with Crippen LogP contribution in [0.1, 0.15) is 58.9 Å². The van der Waals surface area contributed by atoms with Gasteiger partial charge >= 0.3 is 0 Å². The molecule has 0 fully saturated rings. The van der Waals surface area contributed by atoms with E-state index < -0.39 is 0 Å². The molecule has 174 valence electrons. The molecule has 0 atom stereocenters. The normalized spacial score (nSPS) is 13.0. The van der Waals surface area contributed by atoms with Crippen LogP contribution < -0.4 is 4.74 Å². The van der Waals surface area contributed by atoms with Crippen LogP contribution in [0.4, 0.5) is 0 Å². The van der Waals surface area contributed by atoms with Gasteiger partial charge in [-0.05, 0) is 36.5 Å². The second-order valence-corrected chi connectivity index (χ2v) is 9.62. The van der Waals surface area contributed by atoms with Crippen molar-refractivity contribution < 1.29 is 14.0 Å². The minimum Gasteiger partial charge on any atom is -0.491 e. The quantitative estimate of drug-likeness (QED) is 0.166. The van der Waals surface area contributed by atoms with E-state index in [0.29, 0.717) is 13.2 Å². The highest BCUT2D eigenvalue weighted by Gasteiger charge is 2.20. The van der Waals surface area contributed by atoms with Crippen molar-refractivity contribution in [3.63, 3.8) is 0 Å². The molecule has 3 nitrogen and oxygen atoms in total. The molecule has 0 unspecified atom stereocenters. The van der Waals surface area contributed by atoms with Crippen molar-refractivity contribution >= 4 is 0 Å². The predicted octanol–water partition coefficient (Wildman–Crippen LogP) is 6.70. The van der Waals surface area contributed by atoms with E-state index in [2.05, 4.69) is 77.9 Å². The SMILES string of the molecule is C=C/C(=C\C=C/C)C[N+](C)(C)CCOCCOc1ccc(C(C)(C)CCCCC)cc1. The van der Waals surface area contributed by atoms with Gasteiger partial charge in [-0.1, -0.05) is 83.0 Å². The highest BCUT2D eigenvalue weighted by atomic mass is 16.5. The molecule has 0 radical (unpaired) electrons. The van der Waals surface area contributed by atoms with Crippen molar-refractivity contribution in [2.75, 3.05) is 47.0 Å². The minimum atomic E-state index is 0.218. The van der Waals surface area contributed by atoms with E-state index in [1.165, 1.54) is 36.8 Å². The highest BCUT2D eigenvalue weighted by molar-refractivity contribution is 5.31. The lowest BCUT2D eigenvalue weighted by Crippen LogP contribution is -2.43. The average Bonchev–Trinajstić information content (AvgIpc) is 2.74. The Morgan fingerprint density at radius 2 is 1.77 bits per heavy atom. The van der Waals surface area contributed by atoms with Gasteiger partial charge in [0.2, 0.25) is 0 Å². The second kappa shape index (κ2) is 14.3. The first-order valence-electron chi connectivity index (χ1n) is 11.8. The Bertz CT molecular complexity index is 683. The molecule has 0 N–H and O–H groups in total. The summed E-state index contributed by atoms with van der Waals surface area (Å²) in [5, 5.41) is 0. The summed E-state index contributed by atoms with van der Waals surface area (Å²) >= 11 is 0. The number of quaternary nitrogens is 1. The van der Waals surface area contributed by atoms with E-state index in [4.69, 9.17) is 9.47 Å². The summed E-state index contributed by atoms with van der Waals surface area (Å²) < 4.78 is 12.6. The maximum atomic E-state index is 5.87. The van der Waals surface area contributed by atoms with Gasteiger partial charge in [0, 0.05) is 5.57 Å². The Morgan fingerprint density at radius 3 is 2.39 bits per heavy atom. The Kier molecular flexibility index (Phi) is 12.5. The smallest absolute Gasteiger partial charge is 0.119 e. The van der Waals surface area contributed by atoms with Gasteiger partial charge in [-0.2, -0.15) is 0 Å². The molecular weight excluding hydrogens is 382 g/mol. The van der Waals surface area contributed by atoms with Gasteiger partial charge in [-0.15, -0.1) is 0 Å². The number of allylic oxidation sites excluding steroid dienone is 3. The van der Waals surface area contributed by atoms with Crippen LogP contribution in [0, 0.1) is 0 Å². The van der Waals surface area contributed by atoms with Gasteiger partial charge in [0.1, 0.15) is 25.4 Å². The molecule has 1 rings (SSSR count). The maximum absolute atomic E-state index is 5.87. The van der Waals surface area contributed by atoms with Crippen molar-refractivity contribution in [2.45, 2.75) is 58.8 Å². The zero-order valence-corrected chi connectivity index (χ0v) is 21.0. The van der Waals surface area contributed by atoms with Crippen molar-refractivity contribution in [1.82, 2.24) is 0 Å². The molecule has 0 saturated carbocycles. The summed E-state index contributed by atoms with van der Waals surface area (Å²) in [6.07, 6.45) is 13.2. The van der Waals surface area contributed by atoms with Crippen LogP contribution in [-0.2, 0) is 10.2 Å². The fourth-order valence-corrected chi connectivity index (χ4v) is 3.57. The third kappa shape index (κ3) is 11.4. The van der Waals surface area contributed by atoms with Gasteiger partial charge in [-0.25, -0.2) is 0 Å². The van der Waals surface area contributed by atoms with Gasteiger partial charge in [-0.3, -0.25) is 0 Å². The molecule has 0 amide bonds. The van der Waals surface area contributed by atoms with Crippen LogP contribution in [0.2, 0.25) is 0 Å². The molecule has 0 aliphatic heterocycles. The van der Waals surface area contributed by atoms with Gasteiger partial charge in [0.25, 0.3) is 0 Å². The third-order valence-corrected chi connectivity index (χ3v) is 5.75. The summed E-state index contributed by atoms with van der Waals surface area (Å²) in [5.41, 5.74) is 2.84. The number of unbranched alkanes of at least 4 members (excludes halogenated alkanes) is 2. The monoisotopic (exact) mass is 428 g/mol. The lowest BCUT2D eigenvalue weighted by Gasteiger charge is -2.30. The number of hydrogen-bond acceptors (Lipinski definition) is 2. The van der Waals surface area contributed by atoms with Crippen LogP contribution in [0.3, 0.4) is 0 Å². The van der Waals surface area contributed by atoms with E-state index in [1.807, 2.05) is 19.1 Å². The van der Waals surface area contributed by atoms with Crippen LogP contribution in [-0.4, -0.2) is 51.5 Å². The van der Waals surface area contributed by atoms with Gasteiger partial charge < -0.3 is 14.0 Å². The molecule has 31 heavy (non-hydrogen) atoms. The van der Waals surface area contributed by atoms with Gasteiger partial charge in [0.15, 0.2) is 0 Å². The van der Waals surface area contributed by atoms with Crippen LogP contribution in [0.15, 0.2) is 60.7 Å². The molecule has 0 bridgehead atoms. The topological polar surface area (TPSA) is 18.5 Å². The molecule has 1 aromatic rings. The largest absolute Gasteiger partial charge is 0.491 e. The zero-order valence-electron chi connectivity index (χ0n) is 21.0. The Labute approximate surface area is 192 Å². The fraction of sp³-hybridized carbons (Fsp3) is 0.571. The highest BCUT2D eigenvalue weighted by Crippen LogP contribution is 2.30. The second-order valence-electron chi connectivity index (χ2n) is 9.62. The molecule has 0 spiro atoms. The first kappa shape index (κ1) is 27.2. The van der Waals surface area contributed by atoms with Crippen molar-refractivity contribution in [2.24, 2.45) is 0 Å². The lowest BCUT2D eigenvalue weighted by atomic mass is 9.80. The first-order chi connectivity index (χ1) is 14.7. The van der Waals surface area contributed by atoms with Crippen LogP contribution in [0.5, 0.6) is 5.75 Å². The van der Waals surface area contributed by atoms with E-state index >= 15 is 0 Å². The minimum absolute atomic E-state index is 0.218. The number of hydrogen-bond donors (Lipinski definition) is 0. The number of benzene rings is 1. The number of ether oxygens (including phenoxy) is 2. The Hall–Kier alpha value is -1.84. The molecule has 0 aliphatic rings. The summed E-state index contributed by atoms with van der Waals surface area (Å²) in [5.74, 6) is 0.914. The summed E-state index contributed by atoms with van der Waals surface area (Å²) in [7, 11) is 4.44. The van der Waals surface area contributed by atoms with Crippen molar-refractivity contribution in [3.8, 4) is 5.75 Å². The lowest BCUT2D eigenvalue weighted by molar-refractivity contribution is -0.885. The Balaban J connectivity index is 2.33. The summed E-state index contributed by atoms with van der Waals surface area (Å²) in [6, 6.07) is 8.59. The van der Waals surface area contributed by atoms with E-state index in [1.54, 1.807) is 0 Å². The predicted molar refractivity (Wildman–Crippen MR) is 135 cm³/mol. The fourth-order valence-electron chi connectivity index (χ4n) is 3.57. The molecule has 0 heterocycles. The summed E-state index contributed by atoms with van der Waals surface area (Å²) in [4.78, 5) is 0. The van der Waals surface area contributed by atoms with Crippen LogP contribution >= 0.6 is 0 Å². The van der Waals surface area contributed by atoms with E-state index in [0.717, 1.165) is 29.9 Å². The standard InChI is InChI=1S/C28H46NO2/c1-8-11-13-19-28(4,5)26-15-17-27(18-16-26)31-23-22-30-21-20-29(6,7)24-25(10-3)14-12-9-2/h9-10,12,14-18H,3,8,11,13,19-24H2,1-2,4-7H3/q+1/b12-9-,25-14+. The van der Waals surface area contributed by atoms with Crippen molar-refractivity contribution in [1.29, 1.82) is 0 Å². The zero-order chi connectivity index (χ0) is 23.2. The van der Waals surface area contributed by atoms with Crippen molar-refractivity contribution in [3.05, 3.63) is 66.3 Å². The summed E-state index contributed by atoms with van der Waals surface area (Å²) in [6.45, 7) is 16.7. The van der Waals surface area contributed by atoms with Crippen LogP contribution in [0.25, 0.3) is 0 Å².